The van der Waals surface area contributed by atoms with Crippen LogP contribution in [0, 0.1) is 29.1 Å². The average Bonchev–Trinajstić information content (AvgIpc) is 3.81. The van der Waals surface area contributed by atoms with Gasteiger partial charge in [0.05, 0.1) is 22.1 Å². The van der Waals surface area contributed by atoms with Gasteiger partial charge in [0.15, 0.2) is 15.9 Å². The van der Waals surface area contributed by atoms with Crippen molar-refractivity contribution < 1.29 is 32.7 Å². The van der Waals surface area contributed by atoms with Crippen LogP contribution in [0.2, 0.25) is 0 Å². The van der Waals surface area contributed by atoms with E-state index in [4.69, 9.17) is 0 Å². The molecule has 3 saturated carbocycles. The number of rotatable bonds is 15. The van der Waals surface area contributed by atoms with Crippen molar-refractivity contribution in [1.82, 2.24) is 26.2 Å². The summed E-state index contributed by atoms with van der Waals surface area (Å²) in [7, 11) is -3.63. The molecule has 4 rings (SSSR count). The molecule has 3 unspecified atom stereocenters. The van der Waals surface area contributed by atoms with E-state index in [9.17, 15) is 32.7 Å². The van der Waals surface area contributed by atoms with Gasteiger partial charge in [-0.15, -0.1) is 13.2 Å². The molecule has 5 amide bonds. The Bertz CT molecular complexity index is 1460. The zero-order valence-electron chi connectivity index (χ0n) is 33.0. The van der Waals surface area contributed by atoms with Crippen LogP contribution in [-0.2, 0) is 24.2 Å². The first kappa shape index (κ1) is 42.8. The fourth-order valence-corrected chi connectivity index (χ4v) is 10.5. The van der Waals surface area contributed by atoms with Gasteiger partial charge in [0.25, 0.3) is 5.91 Å². The van der Waals surface area contributed by atoms with Crippen LogP contribution in [0.1, 0.15) is 119 Å². The number of carbonyl (C=O) groups excluding carboxylic acids is 4. The van der Waals surface area contributed by atoms with Gasteiger partial charge in [-0.25, -0.2) is 13.2 Å². The highest BCUT2D eigenvalue weighted by atomic mass is 32.2. The monoisotopic (exact) mass is 761 g/mol. The van der Waals surface area contributed by atoms with E-state index in [2.05, 4.69) is 34.4 Å². The fourth-order valence-electron chi connectivity index (χ4n) is 8.81. The Balaban J connectivity index is 1.63. The first-order valence-electron chi connectivity index (χ1n) is 19.9. The third-order valence-electron chi connectivity index (χ3n) is 12.9. The van der Waals surface area contributed by atoms with Crippen LogP contribution in [0.5, 0.6) is 0 Å². The highest BCUT2D eigenvalue weighted by molar-refractivity contribution is 7.92. The molecule has 0 aromatic heterocycles. The van der Waals surface area contributed by atoms with E-state index in [1.165, 1.54) is 11.0 Å². The SMILES string of the molecule is C=CCNC(=O)C(O)C(CC1CC1)NC(=O)[C@@H]1C[C@@H](C=C)CN1C(=O)[C@@H](NC(=O)NC1(CS(=O)(=O)C(C)(C)C)[C@H](C)CCC[C@@H]1C)C1(C)CCCCC1. The molecule has 5 N–H and O–H groups in total. The predicted octanol–water partition coefficient (Wildman–Crippen LogP) is 4.38. The van der Waals surface area contributed by atoms with Crippen molar-refractivity contribution in [2.24, 2.45) is 29.1 Å². The quantitative estimate of drug-likeness (QED) is 0.154. The molecule has 300 valence electrons. The molecule has 1 aliphatic heterocycles. The van der Waals surface area contributed by atoms with Crippen LogP contribution < -0.4 is 21.3 Å². The van der Waals surface area contributed by atoms with Crippen molar-refractivity contribution in [1.29, 1.82) is 0 Å². The van der Waals surface area contributed by atoms with Crippen molar-refractivity contribution in [2.75, 3.05) is 18.8 Å². The number of urea groups is 1. The summed E-state index contributed by atoms with van der Waals surface area (Å²) >= 11 is 0. The van der Waals surface area contributed by atoms with Gasteiger partial charge in [-0.2, -0.15) is 0 Å². The second-order valence-electron chi connectivity index (χ2n) is 17.9. The summed E-state index contributed by atoms with van der Waals surface area (Å²) in [5, 5.41) is 22.8. The summed E-state index contributed by atoms with van der Waals surface area (Å²) in [6.07, 6.45) is 11.1. The third-order valence-corrected chi connectivity index (χ3v) is 15.6. The zero-order chi connectivity index (χ0) is 39.4. The van der Waals surface area contributed by atoms with E-state index >= 15 is 0 Å². The van der Waals surface area contributed by atoms with E-state index in [-0.39, 0.29) is 42.5 Å². The molecular weight excluding hydrogens is 695 g/mol. The van der Waals surface area contributed by atoms with E-state index in [1.807, 2.05) is 20.8 Å². The van der Waals surface area contributed by atoms with Crippen LogP contribution in [0.3, 0.4) is 0 Å². The normalized spacial score (nSPS) is 29.2. The lowest BCUT2D eigenvalue weighted by Crippen LogP contribution is -2.68. The lowest BCUT2D eigenvalue weighted by Gasteiger charge is -2.49. The van der Waals surface area contributed by atoms with Crippen LogP contribution in [0.15, 0.2) is 25.3 Å². The van der Waals surface area contributed by atoms with Gasteiger partial charge in [-0.3, -0.25) is 14.4 Å². The minimum absolute atomic E-state index is 0.119. The van der Waals surface area contributed by atoms with E-state index in [1.54, 1.807) is 26.8 Å². The number of hydrogen-bond donors (Lipinski definition) is 5. The number of aliphatic hydroxyl groups is 1. The molecule has 4 fully saturated rings. The molecule has 1 heterocycles. The Hall–Kier alpha value is -2.93. The highest BCUT2D eigenvalue weighted by Crippen LogP contribution is 2.43. The number of amides is 5. The minimum atomic E-state index is -3.63. The Kier molecular flexibility index (Phi) is 13.9. The van der Waals surface area contributed by atoms with Crippen LogP contribution in [0.4, 0.5) is 4.79 Å². The summed E-state index contributed by atoms with van der Waals surface area (Å²) in [6.45, 7) is 19.0. The maximum atomic E-state index is 14.9. The summed E-state index contributed by atoms with van der Waals surface area (Å²) < 4.78 is 26.4. The molecule has 0 spiro atoms. The minimum Gasteiger partial charge on any atom is -0.381 e. The van der Waals surface area contributed by atoms with Crippen molar-refractivity contribution in [2.45, 2.75) is 153 Å². The molecule has 0 aromatic carbocycles. The lowest BCUT2D eigenvalue weighted by molar-refractivity contribution is -0.144. The molecule has 0 bridgehead atoms. The number of nitrogens with one attached hydrogen (secondary N) is 4. The summed E-state index contributed by atoms with van der Waals surface area (Å²) in [5.41, 5.74) is -1.64. The third kappa shape index (κ3) is 10.0. The Morgan fingerprint density at radius 3 is 2.13 bits per heavy atom. The first-order valence-corrected chi connectivity index (χ1v) is 21.5. The van der Waals surface area contributed by atoms with Crippen molar-refractivity contribution in [3.05, 3.63) is 25.3 Å². The van der Waals surface area contributed by atoms with Gasteiger partial charge in [0.2, 0.25) is 11.8 Å². The number of sulfone groups is 1. The number of likely N-dealkylation sites (tertiary alicyclic amines) is 1. The maximum Gasteiger partial charge on any atom is 0.315 e. The van der Waals surface area contributed by atoms with E-state index in [0.717, 1.165) is 51.4 Å². The molecule has 0 radical (unpaired) electrons. The molecule has 53 heavy (non-hydrogen) atoms. The van der Waals surface area contributed by atoms with Crippen molar-refractivity contribution in [3.63, 3.8) is 0 Å². The second kappa shape index (κ2) is 17.3. The second-order valence-corrected chi connectivity index (χ2v) is 20.6. The molecule has 4 aliphatic rings. The topological polar surface area (TPSA) is 174 Å². The molecule has 0 aromatic rings. The van der Waals surface area contributed by atoms with Crippen LogP contribution in [0.25, 0.3) is 0 Å². The van der Waals surface area contributed by atoms with Gasteiger partial charge in [0, 0.05) is 13.1 Å². The Morgan fingerprint density at radius 1 is 0.962 bits per heavy atom. The predicted molar refractivity (Wildman–Crippen MR) is 207 cm³/mol. The molecule has 12 nitrogen and oxygen atoms in total. The smallest absolute Gasteiger partial charge is 0.315 e. The van der Waals surface area contributed by atoms with Gasteiger partial charge in [-0.1, -0.05) is 71.4 Å². The number of nitrogens with zero attached hydrogens (tertiary/aromatic N) is 1. The lowest BCUT2D eigenvalue weighted by atomic mass is 9.68. The number of aliphatic hydroxyl groups excluding tert-OH is 1. The fraction of sp³-hybridized carbons (Fsp3) is 0.800. The molecule has 3 aliphatic carbocycles. The van der Waals surface area contributed by atoms with E-state index in [0.29, 0.717) is 31.6 Å². The van der Waals surface area contributed by atoms with Gasteiger partial charge < -0.3 is 31.3 Å². The number of hydrogen-bond acceptors (Lipinski definition) is 7. The molecular formula is C40H67N5O7S. The largest absolute Gasteiger partial charge is 0.381 e. The average molecular weight is 762 g/mol. The van der Waals surface area contributed by atoms with Crippen LogP contribution in [-0.4, -0.2) is 95.5 Å². The Morgan fingerprint density at radius 2 is 1.58 bits per heavy atom. The standard InChI is InChI=1S/C40H67N5O7S/c1-9-21-41-35(48)32(46)30(22-29-17-18-29)42-34(47)31-23-28(10-2)24-45(31)36(49)33(39(8)19-12-11-13-20-39)43-37(50)44-40(25-53(51,52)38(5,6)7)26(3)15-14-16-27(40)4/h9-10,26-33,46H,1-2,11-25H2,3-8H3,(H,41,48)(H,42,47)(H2,43,44,50)/t26-,27+,28-,30?,31+,32?,33-,40?/m1/s1. The zero-order valence-corrected chi connectivity index (χ0v) is 33.9. The van der Waals surface area contributed by atoms with E-state index < -0.39 is 67.6 Å². The molecule has 1 saturated heterocycles. The first-order chi connectivity index (χ1) is 24.8. The van der Waals surface area contributed by atoms with Gasteiger partial charge in [-0.05, 0) is 88.4 Å². The molecule has 13 heteroatoms. The maximum absolute atomic E-state index is 14.9. The highest BCUT2D eigenvalue weighted by Gasteiger charge is 2.52. The summed E-state index contributed by atoms with van der Waals surface area (Å²) in [6, 6.07) is -3.31. The Labute approximate surface area is 318 Å². The van der Waals surface area contributed by atoms with Gasteiger partial charge >= 0.3 is 6.03 Å². The number of carbonyl (C=O) groups is 4. The summed E-state index contributed by atoms with van der Waals surface area (Å²) in [5.74, 6) is -1.77. The van der Waals surface area contributed by atoms with Crippen molar-refractivity contribution >= 4 is 33.6 Å². The molecule has 8 atom stereocenters. The van der Waals surface area contributed by atoms with Crippen molar-refractivity contribution in [3.8, 4) is 0 Å². The summed E-state index contributed by atoms with van der Waals surface area (Å²) in [4.78, 5) is 57.6. The van der Waals surface area contributed by atoms with Crippen LogP contribution >= 0.6 is 0 Å². The van der Waals surface area contributed by atoms with Gasteiger partial charge in [0.1, 0.15) is 12.1 Å².